The van der Waals surface area contributed by atoms with Gasteiger partial charge in [0.25, 0.3) is 0 Å². The number of ether oxygens (including phenoxy) is 1. The topological polar surface area (TPSA) is 53.5 Å². The summed E-state index contributed by atoms with van der Waals surface area (Å²) < 4.78 is 5.32. The van der Waals surface area contributed by atoms with Crippen LogP contribution in [0, 0.1) is 11.8 Å². The fraction of sp³-hybridized carbons (Fsp3) is 1.00. The maximum absolute atomic E-state index is 9.60. The highest BCUT2D eigenvalue weighted by molar-refractivity contribution is 4.82. The quantitative estimate of drug-likeness (QED) is 0.595. The average Bonchev–Trinajstić information content (AvgIpc) is 2.66. The molecule has 0 amide bonds. The van der Waals surface area contributed by atoms with E-state index in [0.717, 1.165) is 45.3 Å². The fourth-order valence-corrected chi connectivity index (χ4v) is 2.35. The van der Waals surface area contributed by atoms with Crippen LogP contribution in [-0.2, 0) is 4.74 Å². The molecule has 0 saturated carbocycles. The zero-order chi connectivity index (χ0) is 10.5. The van der Waals surface area contributed by atoms with Crippen LogP contribution in [0.1, 0.15) is 12.8 Å². The van der Waals surface area contributed by atoms with Crippen LogP contribution in [0.2, 0.25) is 0 Å². The Balaban J connectivity index is 1.57. The molecule has 4 nitrogen and oxygen atoms in total. The number of rotatable bonds is 4. The van der Waals surface area contributed by atoms with E-state index in [1.807, 2.05) is 0 Å². The van der Waals surface area contributed by atoms with Crippen LogP contribution < -0.4 is 10.6 Å². The molecule has 88 valence electrons. The molecule has 2 atom stereocenters. The highest BCUT2D eigenvalue weighted by Gasteiger charge is 2.24. The van der Waals surface area contributed by atoms with Gasteiger partial charge in [0.05, 0.1) is 6.10 Å². The normalized spacial score (nSPS) is 33.4. The van der Waals surface area contributed by atoms with Crippen molar-refractivity contribution < 1.29 is 9.84 Å². The summed E-state index contributed by atoms with van der Waals surface area (Å²) in [5, 5.41) is 16.3. The number of β-amino-alcohol motifs (C(OH)–C–C–N with tert-alkyl or cyclic N) is 1. The molecule has 2 unspecified atom stereocenters. The second-order valence-electron chi connectivity index (χ2n) is 4.70. The lowest BCUT2D eigenvalue weighted by Gasteiger charge is -2.23. The van der Waals surface area contributed by atoms with Crippen LogP contribution in [0.15, 0.2) is 0 Å². The van der Waals surface area contributed by atoms with Gasteiger partial charge in [0.15, 0.2) is 0 Å². The molecule has 0 spiro atoms. The van der Waals surface area contributed by atoms with E-state index in [1.54, 1.807) is 0 Å². The van der Waals surface area contributed by atoms with Crippen molar-refractivity contribution in [1.29, 1.82) is 0 Å². The molecule has 2 heterocycles. The highest BCUT2D eigenvalue weighted by Crippen LogP contribution is 2.14. The molecule has 2 rings (SSSR count). The Labute approximate surface area is 91.4 Å². The van der Waals surface area contributed by atoms with E-state index in [2.05, 4.69) is 10.6 Å². The third-order valence-corrected chi connectivity index (χ3v) is 3.48. The van der Waals surface area contributed by atoms with Gasteiger partial charge >= 0.3 is 0 Å². The lowest BCUT2D eigenvalue weighted by molar-refractivity contribution is 0.0653. The molecule has 0 aromatic carbocycles. The smallest absolute Gasteiger partial charge is 0.0716 e. The Bertz CT molecular complexity index is 183. The van der Waals surface area contributed by atoms with Gasteiger partial charge in [0.1, 0.15) is 0 Å². The number of hydrogen-bond donors (Lipinski definition) is 3. The number of nitrogens with one attached hydrogen (secondary N) is 2. The standard InChI is InChI=1S/C11H22N2O2/c14-11-8-13-7-10(11)6-12-5-9-1-3-15-4-2-9/h9-14H,1-8H2. The Morgan fingerprint density at radius 2 is 2.00 bits per heavy atom. The molecular formula is C11H22N2O2. The molecule has 15 heavy (non-hydrogen) atoms. The summed E-state index contributed by atoms with van der Waals surface area (Å²) in [6.07, 6.45) is 2.20. The summed E-state index contributed by atoms with van der Waals surface area (Å²) in [5.74, 6) is 1.16. The zero-order valence-electron chi connectivity index (χ0n) is 9.24. The van der Waals surface area contributed by atoms with Gasteiger partial charge < -0.3 is 20.5 Å². The van der Waals surface area contributed by atoms with Gasteiger partial charge in [0.2, 0.25) is 0 Å². The summed E-state index contributed by atoms with van der Waals surface area (Å²) in [6, 6.07) is 0. The Hall–Kier alpha value is -0.160. The molecule has 2 saturated heterocycles. The van der Waals surface area contributed by atoms with Gasteiger partial charge in [0, 0.05) is 38.8 Å². The van der Waals surface area contributed by atoms with Crippen molar-refractivity contribution in [2.75, 3.05) is 39.4 Å². The molecule has 0 bridgehead atoms. The predicted octanol–water partition coefficient (Wildman–Crippen LogP) is -0.417. The van der Waals surface area contributed by atoms with Gasteiger partial charge in [-0.15, -0.1) is 0 Å². The Morgan fingerprint density at radius 1 is 1.20 bits per heavy atom. The first-order valence-corrected chi connectivity index (χ1v) is 6.03. The van der Waals surface area contributed by atoms with Crippen molar-refractivity contribution in [2.24, 2.45) is 11.8 Å². The highest BCUT2D eigenvalue weighted by atomic mass is 16.5. The van der Waals surface area contributed by atoms with E-state index in [-0.39, 0.29) is 6.10 Å². The van der Waals surface area contributed by atoms with Gasteiger partial charge in [-0.05, 0) is 25.3 Å². The van der Waals surface area contributed by atoms with Crippen LogP contribution in [0.25, 0.3) is 0 Å². The second-order valence-corrected chi connectivity index (χ2v) is 4.70. The number of aliphatic hydroxyl groups excluding tert-OH is 1. The summed E-state index contributed by atoms with van der Waals surface area (Å²) in [7, 11) is 0. The summed E-state index contributed by atoms with van der Waals surface area (Å²) in [4.78, 5) is 0. The lowest BCUT2D eigenvalue weighted by atomic mass is 10.00. The van der Waals surface area contributed by atoms with Crippen LogP contribution in [0.4, 0.5) is 0 Å². The van der Waals surface area contributed by atoms with Crippen LogP contribution in [0.5, 0.6) is 0 Å². The molecular weight excluding hydrogens is 192 g/mol. The predicted molar refractivity (Wildman–Crippen MR) is 58.8 cm³/mol. The van der Waals surface area contributed by atoms with Crippen LogP contribution in [-0.4, -0.2) is 50.6 Å². The average molecular weight is 214 g/mol. The van der Waals surface area contributed by atoms with E-state index in [1.165, 1.54) is 12.8 Å². The van der Waals surface area contributed by atoms with Crippen LogP contribution >= 0.6 is 0 Å². The van der Waals surface area contributed by atoms with E-state index >= 15 is 0 Å². The molecule has 0 aliphatic carbocycles. The molecule has 0 aromatic heterocycles. The minimum Gasteiger partial charge on any atom is -0.391 e. The molecule has 2 fully saturated rings. The molecule has 2 aliphatic rings. The first kappa shape index (κ1) is 11.3. The molecule has 0 aromatic rings. The van der Waals surface area contributed by atoms with Gasteiger partial charge in [-0.2, -0.15) is 0 Å². The summed E-state index contributed by atoms with van der Waals surface area (Å²) in [6.45, 7) is 5.55. The molecule has 0 radical (unpaired) electrons. The number of aliphatic hydroxyl groups is 1. The summed E-state index contributed by atoms with van der Waals surface area (Å²) >= 11 is 0. The van der Waals surface area contributed by atoms with Crippen molar-refractivity contribution in [3.8, 4) is 0 Å². The third kappa shape index (κ3) is 3.41. The monoisotopic (exact) mass is 214 g/mol. The van der Waals surface area contributed by atoms with E-state index in [0.29, 0.717) is 5.92 Å². The largest absolute Gasteiger partial charge is 0.391 e. The SMILES string of the molecule is OC1CNCC1CNCC1CCOCC1. The maximum atomic E-state index is 9.60. The van der Waals surface area contributed by atoms with Crippen LogP contribution in [0.3, 0.4) is 0 Å². The van der Waals surface area contributed by atoms with Crippen molar-refractivity contribution >= 4 is 0 Å². The van der Waals surface area contributed by atoms with Crippen molar-refractivity contribution in [3.63, 3.8) is 0 Å². The summed E-state index contributed by atoms with van der Waals surface area (Å²) in [5.41, 5.74) is 0. The molecule has 4 heteroatoms. The maximum Gasteiger partial charge on any atom is 0.0716 e. The minimum atomic E-state index is -0.160. The first-order valence-electron chi connectivity index (χ1n) is 6.03. The van der Waals surface area contributed by atoms with E-state index < -0.39 is 0 Å². The minimum absolute atomic E-state index is 0.160. The zero-order valence-corrected chi connectivity index (χ0v) is 9.24. The van der Waals surface area contributed by atoms with Gasteiger partial charge in [-0.25, -0.2) is 0 Å². The number of hydrogen-bond acceptors (Lipinski definition) is 4. The third-order valence-electron chi connectivity index (χ3n) is 3.48. The van der Waals surface area contributed by atoms with Gasteiger partial charge in [-0.1, -0.05) is 0 Å². The van der Waals surface area contributed by atoms with Gasteiger partial charge in [-0.3, -0.25) is 0 Å². The molecule has 3 N–H and O–H groups in total. The van der Waals surface area contributed by atoms with E-state index in [4.69, 9.17) is 4.74 Å². The first-order chi connectivity index (χ1) is 7.36. The van der Waals surface area contributed by atoms with Crippen molar-refractivity contribution in [1.82, 2.24) is 10.6 Å². The van der Waals surface area contributed by atoms with Crippen molar-refractivity contribution in [2.45, 2.75) is 18.9 Å². The fourth-order valence-electron chi connectivity index (χ4n) is 2.35. The lowest BCUT2D eigenvalue weighted by Crippen LogP contribution is -2.34. The van der Waals surface area contributed by atoms with E-state index in [9.17, 15) is 5.11 Å². The Kier molecular flexibility index (Phi) is 4.38. The molecule has 2 aliphatic heterocycles. The second kappa shape index (κ2) is 5.80. The van der Waals surface area contributed by atoms with Crippen molar-refractivity contribution in [3.05, 3.63) is 0 Å². The Morgan fingerprint density at radius 3 is 2.67 bits per heavy atom.